The van der Waals surface area contributed by atoms with Crippen LogP contribution in [-0.4, -0.2) is 108 Å². The van der Waals surface area contributed by atoms with Gasteiger partial charge in [-0.1, -0.05) is 6.92 Å². The van der Waals surface area contributed by atoms with E-state index in [1.165, 1.54) is 25.3 Å². The van der Waals surface area contributed by atoms with Crippen molar-refractivity contribution in [1.82, 2.24) is 35.9 Å². The Morgan fingerprint density at radius 2 is 1.60 bits per heavy atom. The molecule has 0 aliphatic rings. The largest absolute Gasteiger partial charge is 0.481 e. The van der Waals surface area contributed by atoms with Crippen molar-refractivity contribution in [3.8, 4) is 0 Å². The number of nitrogens with one attached hydrogen (secondary N) is 5. The smallest absolute Gasteiger partial charge is 0.326 e. The van der Waals surface area contributed by atoms with Crippen LogP contribution in [0.1, 0.15) is 74.8 Å². The van der Waals surface area contributed by atoms with E-state index in [0.29, 0.717) is 17.1 Å². The van der Waals surface area contributed by atoms with Gasteiger partial charge in [0.05, 0.1) is 36.9 Å². The number of aliphatic carboxylic acids is 2. The monoisotopic (exact) mass is 854 g/mol. The number of rotatable bonds is 25. The summed E-state index contributed by atoms with van der Waals surface area (Å²) >= 11 is 4.15. The summed E-state index contributed by atoms with van der Waals surface area (Å²) in [5.74, 6) is -7.09. The summed E-state index contributed by atoms with van der Waals surface area (Å²) in [7, 11) is 0. The number of thiol groups is 1. The Kier molecular flexibility index (Phi) is 18.4. The van der Waals surface area contributed by atoms with Gasteiger partial charge in [0.15, 0.2) is 28.7 Å². The second-order valence-corrected chi connectivity index (χ2v) is 14.4. The molecule has 3 aromatic rings. The number of fused-ring (bicyclic) bond motifs is 1. The van der Waals surface area contributed by atoms with Crippen LogP contribution in [0.2, 0.25) is 0 Å². The summed E-state index contributed by atoms with van der Waals surface area (Å²) in [4.78, 5) is 119. The minimum Gasteiger partial charge on any atom is -0.481 e. The van der Waals surface area contributed by atoms with E-state index in [-0.39, 0.29) is 73.3 Å². The van der Waals surface area contributed by atoms with Crippen LogP contribution in [0.3, 0.4) is 0 Å². The molecule has 0 bridgehead atoms. The highest BCUT2D eigenvalue weighted by molar-refractivity contribution is 7.80. The Balaban J connectivity index is 1.56. The Bertz CT molecular complexity index is 2130. The van der Waals surface area contributed by atoms with E-state index in [1.807, 2.05) is 0 Å². The molecule has 3 amide bonds. The van der Waals surface area contributed by atoms with Crippen molar-refractivity contribution in [1.29, 1.82) is 0 Å². The number of aliphatic imine (C=N–C) groups is 1. The number of benzene rings is 1. The molecule has 0 saturated carbocycles. The number of nitrogens with two attached hydrogens (primary N) is 3. The first-order valence-electron chi connectivity index (χ1n) is 18.8. The van der Waals surface area contributed by atoms with Gasteiger partial charge in [0.25, 0.3) is 11.5 Å². The van der Waals surface area contributed by atoms with Gasteiger partial charge >= 0.3 is 11.9 Å². The Morgan fingerprint density at radius 3 is 2.23 bits per heavy atom. The van der Waals surface area contributed by atoms with Crippen LogP contribution in [0.4, 0.5) is 11.6 Å². The molecule has 60 heavy (non-hydrogen) atoms. The van der Waals surface area contributed by atoms with Crippen molar-refractivity contribution < 1.29 is 43.8 Å². The molecular formula is C37H50N12O10S. The van der Waals surface area contributed by atoms with Gasteiger partial charge in [0.2, 0.25) is 17.8 Å². The second kappa shape index (κ2) is 23.1. The summed E-state index contributed by atoms with van der Waals surface area (Å²) in [5.41, 5.74) is 17.0. The van der Waals surface area contributed by atoms with Crippen molar-refractivity contribution in [2.45, 2.75) is 83.5 Å². The average Bonchev–Trinajstić information content (AvgIpc) is 3.18. The number of carbonyl (C=O) groups is 7. The van der Waals surface area contributed by atoms with E-state index in [0.717, 1.165) is 0 Å². The van der Waals surface area contributed by atoms with E-state index >= 15 is 0 Å². The first-order valence-corrected chi connectivity index (χ1v) is 19.4. The molecule has 2 aromatic heterocycles. The van der Waals surface area contributed by atoms with Crippen molar-refractivity contribution in [2.24, 2.45) is 28.3 Å². The zero-order valence-corrected chi connectivity index (χ0v) is 33.9. The van der Waals surface area contributed by atoms with Gasteiger partial charge in [-0.05, 0) is 62.1 Å². The topological polar surface area (TPSA) is 370 Å². The third-order valence-electron chi connectivity index (χ3n) is 9.00. The summed E-state index contributed by atoms with van der Waals surface area (Å²) < 4.78 is 0. The fourth-order valence-corrected chi connectivity index (χ4v) is 5.84. The molecule has 0 fully saturated rings. The normalized spacial score (nSPS) is 13.4. The van der Waals surface area contributed by atoms with Gasteiger partial charge in [-0.3, -0.25) is 43.5 Å². The molecule has 0 radical (unpaired) electrons. The lowest BCUT2D eigenvalue weighted by molar-refractivity contribution is -0.141. The van der Waals surface area contributed by atoms with Crippen LogP contribution in [0.5, 0.6) is 0 Å². The predicted molar refractivity (Wildman–Crippen MR) is 222 cm³/mol. The number of H-pyrrole nitrogens is 1. The van der Waals surface area contributed by atoms with Crippen molar-refractivity contribution in [3.63, 3.8) is 0 Å². The van der Waals surface area contributed by atoms with Crippen molar-refractivity contribution in [2.75, 3.05) is 23.3 Å². The van der Waals surface area contributed by atoms with E-state index in [2.05, 4.69) is 58.8 Å². The van der Waals surface area contributed by atoms with Crippen molar-refractivity contribution in [3.05, 3.63) is 52.1 Å². The van der Waals surface area contributed by atoms with Gasteiger partial charge in [-0.2, -0.15) is 17.6 Å². The van der Waals surface area contributed by atoms with Gasteiger partial charge in [0, 0.05) is 43.0 Å². The lowest BCUT2D eigenvalue weighted by Crippen LogP contribution is -2.47. The molecule has 5 atom stereocenters. The van der Waals surface area contributed by atoms with Crippen LogP contribution in [0.25, 0.3) is 11.2 Å². The quantitative estimate of drug-likeness (QED) is 0.0221. The zero-order valence-electron chi connectivity index (χ0n) is 33.0. The molecule has 2 heterocycles. The minimum absolute atomic E-state index is 0.0129. The SMILES string of the molecule is C[C@H](CS)CC(=O)[C@H](CC(=O)O)NC(=O)[C@H](CCCN=C(N)N)CC(=O)[C@H](C)NC(=O)CC[C@H](NC(=O)c1ccc(NCc2cnc3nc(N)[nH]c(=O)c3n2)cc1)C(=O)O. The number of aromatic nitrogens is 4. The van der Waals surface area contributed by atoms with E-state index in [4.69, 9.17) is 17.2 Å². The maximum Gasteiger partial charge on any atom is 0.326 e. The highest BCUT2D eigenvalue weighted by Crippen LogP contribution is 2.17. The zero-order chi connectivity index (χ0) is 44.5. The molecule has 324 valence electrons. The number of carbonyl (C=O) groups excluding carboxylic acids is 5. The number of carboxylic acids is 2. The Labute approximate surface area is 348 Å². The summed E-state index contributed by atoms with van der Waals surface area (Å²) in [6.07, 6.45) is -0.0590. The Hall–Kier alpha value is -6.65. The third-order valence-corrected chi connectivity index (χ3v) is 9.62. The standard InChI is InChI=1S/C37H50N12O10S/c1-18(17-60)12-27(51)25(14-29(53)54)47-33(56)21(4-3-11-41-36(38)39)13-26(50)19(2)44-28(52)10-9-24(35(58)59)46-32(55)20-5-7-22(8-6-20)42-15-23-16-43-31-30(45-23)34(57)49-37(40)48-31/h5-8,16,18-19,21,24-25,42,60H,3-4,9-15,17H2,1-2H3,(H,44,52)(H,46,55)(H,47,56)(H,53,54)(H,58,59)(H4,38,39,41)(H3,40,43,48,49,57)/t18-,19-,21+,24-,25-/m0/s1. The van der Waals surface area contributed by atoms with Gasteiger partial charge < -0.3 is 48.7 Å². The number of nitrogens with zero attached hydrogens (tertiary/aromatic N) is 4. The fourth-order valence-electron chi connectivity index (χ4n) is 5.71. The molecular weight excluding hydrogens is 805 g/mol. The van der Waals surface area contributed by atoms with E-state index < -0.39 is 90.1 Å². The first-order chi connectivity index (χ1) is 28.4. The lowest BCUT2D eigenvalue weighted by Gasteiger charge is -2.23. The molecule has 0 unspecified atom stereocenters. The first kappa shape index (κ1) is 47.7. The van der Waals surface area contributed by atoms with Gasteiger partial charge in [0.1, 0.15) is 6.04 Å². The molecule has 0 spiro atoms. The third kappa shape index (κ3) is 15.6. The molecule has 0 aliphatic heterocycles. The molecule has 22 nitrogen and oxygen atoms in total. The van der Waals surface area contributed by atoms with Crippen LogP contribution >= 0.6 is 12.6 Å². The Morgan fingerprint density at radius 1 is 0.900 bits per heavy atom. The highest BCUT2D eigenvalue weighted by Gasteiger charge is 2.31. The summed E-state index contributed by atoms with van der Waals surface area (Å²) in [5, 5.41) is 29.6. The number of hydrogen-bond donors (Lipinski definition) is 11. The minimum atomic E-state index is -1.47. The fraction of sp³-hybridized carbons (Fsp3) is 0.459. The number of amides is 3. The number of guanidine groups is 1. The number of carboxylic acid groups (broad SMARTS) is 2. The van der Waals surface area contributed by atoms with Gasteiger partial charge in [-0.15, -0.1) is 0 Å². The number of ketones is 2. The molecule has 0 saturated heterocycles. The van der Waals surface area contributed by atoms with Crippen molar-refractivity contribution >= 4 is 82.6 Å². The van der Waals surface area contributed by atoms with Crippen LogP contribution < -0.4 is 44.0 Å². The second-order valence-electron chi connectivity index (χ2n) is 14.0. The van der Waals surface area contributed by atoms with E-state index in [9.17, 15) is 48.6 Å². The molecule has 23 heteroatoms. The van der Waals surface area contributed by atoms with Crippen LogP contribution in [0.15, 0.2) is 40.2 Å². The number of aromatic amines is 1. The average molecular weight is 855 g/mol. The maximum absolute atomic E-state index is 13.4. The van der Waals surface area contributed by atoms with E-state index in [1.54, 1.807) is 19.1 Å². The maximum atomic E-state index is 13.4. The number of hydrogen-bond acceptors (Lipinski definition) is 15. The number of nitrogen functional groups attached to an aromatic ring is 1. The summed E-state index contributed by atoms with van der Waals surface area (Å²) in [6, 6.07) is 2.08. The molecule has 3 rings (SSSR count). The molecule has 1 aromatic carbocycles. The van der Waals surface area contributed by atoms with Crippen LogP contribution in [-0.2, 0) is 35.3 Å². The molecule has 0 aliphatic carbocycles. The summed E-state index contributed by atoms with van der Waals surface area (Å²) in [6.45, 7) is 3.41. The predicted octanol–water partition coefficient (Wildman–Crippen LogP) is -0.511. The lowest BCUT2D eigenvalue weighted by atomic mass is 9.92. The molecule has 13 N–H and O–H groups in total. The number of Topliss-reactive ketones (excluding diaryl/α,β-unsaturated/α-hetero) is 2. The van der Waals surface area contributed by atoms with Crippen LogP contribution in [0, 0.1) is 11.8 Å². The number of anilines is 2. The van der Waals surface area contributed by atoms with Gasteiger partial charge in [-0.25, -0.2) is 14.8 Å². The highest BCUT2D eigenvalue weighted by atomic mass is 32.1.